The van der Waals surface area contributed by atoms with Gasteiger partial charge in [-0.1, -0.05) is 168 Å². The molecule has 2 unspecified atom stereocenters. The Morgan fingerprint density at radius 2 is 0.875 bits per heavy atom. The van der Waals surface area contributed by atoms with E-state index in [9.17, 15) is 0 Å². The van der Waals surface area contributed by atoms with E-state index in [1.54, 1.807) is 0 Å². The van der Waals surface area contributed by atoms with Crippen LogP contribution in [0.5, 0.6) is 0 Å². The lowest BCUT2D eigenvalue weighted by molar-refractivity contribution is 0.589. The van der Waals surface area contributed by atoms with Crippen LogP contribution in [0.15, 0.2) is 97.1 Å². The summed E-state index contributed by atoms with van der Waals surface area (Å²) in [4.78, 5) is 40.5. The van der Waals surface area contributed by atoms with Gasteiger partial charge in [-0.15, -0.1) is 0 Å². The van der Waals surface area contributed by atoms with Crippen molar-refractivity contribution in [1.82, 2.24) is 39.9 Å². The van der Waals surface area contributed by atoms with Crippen molar-refractivity contribution in [3.8, 4) is 22.8 Å². The Bertz CT molecular complexity index is 4390. The number of aromatic nitrogens is 8. The number of fused-ring (bicyclic) bond motifs is 22. The molecule has 6 aromatic carbocycles. The smallest absolute Gasteiger partial charge is 0.164 e. The molecular formula is C64H60N8. The van der Waals surface area contributed by atoms with Gasteiger partial charge in [0.25, 0.3) is 0 Å². The molecule has 0 amide bonds. The van der Waals surface area contributed by atoms with Gasteiger partial charge < -0.3 is 9.97 Å². The predicted octanol–water partition coefficient (Wildman–Crippen LogP) is 10.0. The van der Waals surface area contributed by atoms with E-state index in [1.807, 2.05) is 0 Å². The number of hydrogen-bond acceptors (Lipinski definition) is 6. The van der Waals surface area contributed by atoms with Crippen molar-refractivity contribution in [3.63, 3.8) is 0 Å². The van der Waals surface area contributed by atoms with Crippen LogP contribution < -0.4 is 31.8 Å². The number of benzene rings is 6. The number of aromatic amines is 2. The summed E-state index contributed by atoms with van der Waals surface area (Å²) in [7, 11) is 0. The van der Waals surface area contributed by atoms with Crippen LogP contribution in [0.2, 0.25) is 0 Å². The lowest BCUT2D eigenvalue weighted by Crippen LogP contribution is -2.32. The lowest BCUT2D eigenvalue weighted by atomic mass is 9.84. The van der Waals surface area contributed by atoms with Gasteiger partial charge in [-0.2, -0.15) is 0 Å². The van der Waals surface area contributed by atoms with Crippen molar-refractivity contribution in [2.75, 3.05) is 0 Å². The predicted molar refractivity (Wildman–Crippen MR) is 296 cm³/mol. The fourth-order valence-electron chi connectivity index (χ4n) is 11.0. The average molecular weight is 941 g/mol. The van der Waals surface area contributed by atoms with Crippen molar-refractivity contribution in [2.45, 2.75) is 117 Å². The monoisotopic (exact) mass is 940 g/mol. The molecule has 0 spiro atoms. The van der Waals surface area contributed by atoms with Crippen molar-refractivity contribution in [3.05, 3.63) is 163 Å². The van der Waals surface area contributed by atoms with Crippen molar-refractivity contribution in [1.29, 1.82) is 0 Å². The number of rotatable bonds is 0. The second kappa shape index (κ2) is 15.0. The van der Waals surface area contributed by atoms with E-state index in [0.29, 0.717) is 34.2 Å². The van der Waals surface area contributed by atoms with Gasteiger partial charge in [0.1, 0.15) is 28.4 Å². The molecule has 0 fully saturated rings. The highest BCUT2D eigenvalue weighted by Gasteiger charge is 2.31. The zero-order valence-electron chi connectivity index (χ0n) is 43.4. The van der Waals surface area contributed by atoms with Gasteiger partial charge in [-0.25, -0.2) is 29.9 Å². The molecule has 8 bridgehead atoms. The van der Waals surface area contributed by atoms with Gasteiger partial charge in [0.2, 0.25) is 0 Å². The Labute approximate surface area is 419 Å². The molecule has 5 aliphatic rings. The first-order valence-electron chi connectivity index (χ1n) is 25.5. The molecule has 2 aromatic heterocycles. The van der Waals surface area contributed by atoms with E-state index >= 15 is 0 Å². The fourth-order valence-corrected chi connectivity index (χ4v) is 11.0. The molecular weight excluding hydrogens is 881 g/mol. The van der Waals surface area contributed by atoms with E-state index < -0.39 is 0 Å². The molecule has 13 rings (SSSR count). The first-order chi connectivity index (χ1) is 34.1. The zero-order valence-corrected chi connectivity index (χ0v) is 43.4. The standard InChI is InChI=1S/C64H60N8/c1-61(2,3)41-17-13-33-25-45-49(29-37(33)21-41)57-65-53(45)70-58-51-31-39-23-43(63(7,8)9)19-15-35(39)27-47(51)55(67-58)72-60-52-32-40-24-44(64(10,11)12)20-16-36(40)28-48(52)56(68-60)71-59-50-30-38-22-42(62(4,5)6)18-14-34(38)26-46(50)54(66-59)69-57/h13-32,45-46H,1-12H3,(H,66,69)(H,65,67,68,70,71,72). The van der Waals surface area contributed by atoms with Crippen LogP contribution in [0.1, 0.15) is 129 Å². The summed E-state index contributed by atoms with van der Waals surface area (Å²) in [5.41, 5.74) is 11.7. The average Bonchev–Trinajstić information content (AvgIpc) is 4.04. The van der Waals surface area contributed by atoms with Crippen LogP contribution in [-0.2, 0) is 21.7 Å². The summed E-state index contributed by atoms with van der Waals surface area (Å²) in [5, 5.41) is 11.1. The Morgan fingerprint density at radius 3 is 1.49 bits per heavy atom. The first kappa shape index (κ1) is 44.4. The zero-order chi connectivity index (χ0) is 50.0. The van der Waals surface area contributed by atoms with Gasteiger partial charge >= 0.3 is 0 Å². The van der Waals surface area contributed by atoms with E-state index in [1.165, 1.54) is 32.7 Å². The van der Waals surface area contributed by atoms with E-state index in [0.717, 1.165) is 76.3 Å². The summed E-state index contributed by atoms with van der Waals surface area (Å²) >= 11 is 0. The maximum atomic E-state index is 5.57. The summed E-state index contributed by atoms with van der Waals surface area (Å²) in [6, 6.07) is 36.2. The molecule has 0 saturated heterocycles. The van der Waals surface area contributed by atoms with Crippen molar-refractivity contribution < 1.29 is 0 Å². The number of nitrogens with one attached hydrogen (secondary N) is 2. The second-order valence-electron chi connectivity index (χ2n) is 24.8. The summed E-state index contributed by atoms with van der Waals surface area (Å²) in [6.45, 7) is 27.1. The highest BCUT2D eigenvalue weighted by Crippen LogP contribution is 2.40. The molecule has 0 radical (unpaired) electrons. The van der Waals surface area contributed by atoms with Gasteiger partial charge in [-0.3, -0.25) is 0 Å². The topological polar surface area (TPSA) is 109 Å². The maximum absolute atomic E-state index is 5.57. The molecule has 0 saturated carbocycles. The third-order valence-corrected chi connectivity index (χ3v) is 15.5. The third kappa shape index (κ3) is 7.23. The molecule has 72 heavy (non-hydrogen) atoms. The normalized spacial score (nSPS) is 16.7. The van der Waals surface area contributed by atoms with Gasteiger partial charge in [-0.05, 0) is 123 Å². The van der Waals surface area contributed by atoms with E-state index in [-0.39, 0.29) is 33.5 Å². The molecule has 2 atom stereocenters. The number of H-pyrrole nitrogens is 2. The summed E-state index contributed by atoms with van der Waals surface area (Å²) in [5.74, 6) is 2.15. The molecule has 8 aromatic rings. The Kier molecular flexibility index (Phi) is 9.23. The van der Waals surface area contributed by atoms with Gasteiger partial charge in [0.15, 0.2) is 17.1 Å². The quantitative estimate of drug-likeness (QED) is 0.157. The van der Waals surface area contributed by atoms with Crippen LogP contribution in [0, 0.1) is 0 Å². The van der Waals surface area contributed by atoms with Gasteiger partial charge in [0, 0.05) is 33.0 Å². The minimum atomic E-state index is -0.245. The van der Waals surface area contributed by atoms with Crippen LogP contribution >= 0.6 is 0 Å². The molecule has 2 aliphatic carbocycles. The highest BCUT2D eigenvalue weighted by atomic mass is 15.1. The Morgan fingerprint density at radius 1 is 0.389 bits per heavy atom. The molecule has 5 heterocycles. The van der Waals surface area contributed by atoms with Crippen LogP contribution in [0.3, 0.4) is 0 Å². The van der Waals surface area contributed by atoms with Crippen molar-refractivity contribution in [2.24, 2.45) is 0 Å². The fraction of sp³-hybridized carbons (Fsp3) is 0.281. The lowest BCUT2D eigenvalue weighted by Gasteiger charge is -2.20. The minimum absolute atomic E-state index is 0.0100. The largest absolute Gasteiger partial charge is 0.327 e. The first-order valence-corrected chi connectivity index (χ1v) is 25.5. The van der Waals surface area contributed by atoms with Gasteiger partial charge in [0.05, 0.1) is 11.8 Å². The molecule has 356 valence electrons. The van der Waals surface area contributed by atoms with Crippen LogP contribution in [-0.4, -0.2) is 39.9 Å². The van der Waals surface area contributed by atoms with Crippen molar-refractivity contribution >= 4 is 79.1 Å². The van der Waals surface area contributed by atoms with E-state index in [2.05, 4.69) is 214 Å². The van der Waals surface area contributed by atoms with E-state index in [4.69, 9.17) is 29.9 Å². The Balaban J connectivity index is 1.18. The number of nitrogens with zero attached hydrogens (tertiary/aromatic N) is 6. The Hall–Kier alpha value is -7.58. The summed E-state index contributed by atoms with van der Waals surface area (Å²) < 4.78 is 0. The minimum Gasteiger partial charge on any atom is -0.327 e. The second-order valence-corrected chi connectivity index (χ2v) is 24.8. The SMILES string of the molecule is CC(C)(C)c1ccc2c(c1)=CC1=c3nc(nc4nc(nc5[nH]c(nc6[nH]c(n3)C3C=c7ccc(C(C)(C)C)cc7=CC=63)c3cc6ccc(C(C)(C)C)cc6cc53)-c3cc5ccc(C(C)(C)C)cc5cc3-4)C1C=2. The van der Waals surface area contributed by atoms with Crippen LogP contribution in [0.25, 0.3) is 102 Å². The third-order valence-electron chi connectivity index (χ3n) is 15.5. The molecule has 8 heteroatoms. The molecule has 3 aliphatic heterocycles. The summed E-state index contributed by atoms with van der Waals surface area (Å²) in [6.07, 6.45) is 9.22. The number of hydrogen-bond donors (Lipinski definition) is 2. The highest BCUT2D eigenvalue weighted by molar-refractivity contribution is 6.11. The molecule has 8 nitrogen and oxygen atoms in total. The van der Waals surface area contributed by atoms with Crippen LogP contribution in [0.4, 0.5) is 0 Å². The molecule has 2 N–H and O–H groups in total. The maximum Gasteiger partial charge on any atom is 0.164 e.